The van der Waals surface area contributed by atoms with Gasteiger partial charge in [0, 0.05) is 0 Å². The van der Waals surface area contributed by atoms with Gasteiger partial charge in [0.2, 0.25) is 0 Å². The third-order valence-corrected chi connectivity index (χ3v) is 0. The molecule has 0 aromatic carbocycles. The zero-order valence-electron chi connectivity index (χ0n) is 2.55. The van der Waals surface area contributed by atoms with Crippen LogP contribution >= 0.6 is 0 Å². The predicted octanol–water partition coefficient (Wildman–Crippen LogP) is -0.420. The molecule has 0 heterocycles. The molecule has 0 radical (unpaired) electrons. The van der Waals surface area contributed by atoms with Crippen molar-refractivity contribution >= 4 is 6.47 Å². The second kappa shape index (κ2) is 40.8. The Morgan fingerprint density at radius 2 is 1.60 bits per heavy atom. The van der Waals surface area contributed by atoms with Crippen molar-refractivity contribution in [2.24, 2.45) is 0 Å². The van der Waals surface area contributed by atoms with E-state index in [-0.39, 0.29) is 24.7 Å². The van der Waals surface area contributed by atoms with Gasteiger partial charge in [-0.25, -0.2) is 0 Å². The van der Waals surface area contributed by atoms with Crippen molar-refractivity contribution in [3.8, 4) is 0 Å². The summed E-state index contributed by atoms with van der Waals surface area (Å²) in [6.07, 6.45) is 0. The number of rotatable bonds is 0. The van der Waals surface area contributed by atoms with E-state index in [1.54, 1.807) is 0 Å². The number of carbonyl (C=O) groups is 1. The molecule has 0 fully saturated rings. The van der Waals surface area contributed by atoms with Gasteiger partial charge >= 0.3 is 21.8 Å². The summed E-state index contributed by atoms with van der Waals surface area (Å²) in [4.78, 5) is 8.36. The van der Waals surface area contributed by atoms with E-state index in [2.05, 4.69) is 0 Å². The number of hydrogen-bond acceptors (Lipinski definition) is 2. The van der Waals surface area contributed by atoms with Crippen molar-refractivity contribution in [3.63, 3.8) is 0 Å². The first-order valence-corrected chi connectivity index (χ1v) is 1.99. The van der Waals surface area contributed by atoms with Crippen LogP contribution in [0, 0.1) is 0 Å². The summed E-state index contributed by atoms with van der Waals surface area (Å²) in [6.45, 7) is -0.250. The van der Waals surface area contributed by atoms with Crippen LogP contribution in [-0.2, 0) is 26.6 Å². The van der Waals surface area contributed by atoms with Crippen LogP contribution in [0.5, 0.6) is 0 Å². The van der Waals surface area contributed by atoms with Gasteiger partial charge in [0.25, 0.3) is 6.47 Å². The molecular formula is CH2O3Zn. The van der Waals surface area contributed by atoms with E-state index < -0.39 is 0 Å². The second-order valence-corrected chi connectivity index (χ2v) is 0.105. The Labute approximate surface area is 38.9 Å². The van der Waals surface area contributed by atoms with Crippen LogP contribution in [0.1, 0.15) is 0 Å². The zero-order chi connectivity index (χ0) is 4.71. The molecule has 0 aliphatic rings. The molecule has 0 aromatic rings. The first-order chi connectivity index (χ1) is 2.41. The molecule has 0 rings (SSSR count). The summed E-state index contributed by atoms with van der Waals surface area (Å²) in [7, 11) is 0. The fourth-order valence-electron chi connectivity index (χ4n) is 0. The summed E-state index contributed by atoms with van der Waals surface area (Å²) >= 11 is 0.125. The van der Waals surface area contributed by atoms with Crippen molar-refractivity contribution in [2.75, 3.05) is 0 Å². The molecule has 0 amide bonds. The quantitative estimate of drug-likeness (QED) is 0.355. The van der Waals surface area contributed by atoms with Crippen molar-refractivity contribution in [1.82, 2.24) is 0 Å². The van der Waals surface area contributed by atoms with Crippen molar-refractivity contribution < 1.29 is 31.7 Å². The van der Waals surface area contributed by atoms with Gasteiger partial charge in [0.15, 0.2) is 0 Å². The maximum absolute atomic E-state index is 8.38. The van der Waals surface area contributed by atoms with E-state index in [4.69, 9.17) is 13.5 Å². The molecule has 4 heteroatoms. The standard InChI is InChI=1S/CH2O2.O.Zn/c2-1-3;;/h1H,(H,2,3);;. The van der Waals surface area contributed by atoms with Crippen LogP contribution < -0.4 is 0 Å². The molecule has 5 heavy (non-hydrogen) atoms. The van der Waals surface area contributed by atoms with Crippen LogP contribution in [0.3, 0.4) is 0 Å². The van der Waals surface area contributed by atoms with Gasteiger partial charge in [-0.05, 0) is 0 Å². The topological polar surface area (TPSA) is 54.4 Å². The average Bonchev–Trinajstić information content (AvgIpc) is 1.46. The molecule has 0 unspecified atom stereocenters. The zero-order valence-corrected chi connectivity index (χ0v) is 5.52. The maximum atomic E-state index is 8.38. The van der Waals surface area contributed by atoms with Gasteiger partial charge in [-0.3, -0.25) is 4.79 Å². The van der Waals surface area contributed by atoms with E-state index >= 15 is 0 Å². The summed E-state index contributed by atoms with van der Waals surface area (Å²) in [6, 6.07) is 0. The van der Waals surface area contributed by atoms with Gasteiger partial charge in [0.1, 0.15) is 0 Å². The molecule has 0 aromatic heterocycles. The fraction of sp³-hybridized carbons (Fsp3) is 0. The summed E-state index contributed by atoms with van der Waals surface area (Å²) < 4.78 is 8.38. The molecule has 0 saturated heterocycles. The van der Waals surface area contributed by atoms with Gasteiger partial charge in [-0.2, -0.15) is 0 Å². The fourth-order valence-corrected chi connectivity index (χ4v) is 0. The number of hydrogen-bond donors (Lipinski definition) is 1. The SMILES string of the molecule is O=CO.[O]=[Zn]. The first-order valence-electron chi connectivity index (χ1n) is 0.783. The van der Waals surface area contributed by atoms with E-state index in [9.17, 15) is 0 Å². The number of carboxylic acid groups (broad SMARTS) is 1. The summed E-state index contributed by atoms with van der Waals surface area (Å²) in [5, 5.41) is 6.89. The molecule has 3 nitrogen and oxygen atoms in total. The minimum absolute atomic E-state index is 0.125. The molecule has 26 valence electrons. The second-order valence-electron chi connectivity index (χ2n) is 0.105. The Balaban J connectivity index is 0. The van der Waals surface area contributed by atoms with Gasteiger partial charge < -0.3 is 5.11 Å². The van der Waals surface area contributed by atoms with Crippen molar-refractivity contribution in [3.05, 3.63) is 0 Å². The molecule has 0 aliphatic heterocycles. The van der Waals surface area contributed by atoms with Gasteiger partial charge in [-0.1, -0.05) is 0 Å². The van der Waals surface area contributed by atoms with E-state index in [0.29, 0.717) is 0 Å². The first kappa shape index (κ1) is 8.86. The molecule has 0 spiro atoms. The van der Waals surface area contributed by atoms with Crippen molar-refractivity contribution in [2.45, 2.75) is 0 Å². The van der Waals surface area contributed by atoms with E-state index in [0.717, 1.165) is 0 Å². The van der Waals surface area contributed by atoms with Crippen LogP contribution in [0.4, 0.5) is 0 Å². The Morgan fingerprint density at radius 1 is 1.60 bits per heavy atom. The normalized spacial score (nSPS) is 3.60. The third-order valence-electron chi connectivity index (χ3n) is 0. The van der Waals surface area contributed by atoms with Gasteiger partial charge in [-0.15, -0.1) is 0 Å². The van der Waals surface area contributed by atoms with Crippen molar-refractivity contribution in [1.29, 1.82) is 0 Å². The third kappa shape index (κ3) is 1230. The molecule has 0 atom stereocenters. The molecule has 0 bridgehead atoms. The Hall–Kier alpha value is -0.107. The average molecular weight is 127 g/mol. The van der Waals surface area contributed by atoms with Gasteiger partial charge in [0.05, 0.1) is 0 Å². The Morgan fingerprint density at radius 3 is 1.60 bits per heavy atom. The summed E-state index contributed by atoms with van der Waals surface area (Å²) in [5.41, 5.74) is 0. The summed E-state index contributed by atoms with van der Waals surface area (Å²) in [5.74, 6) is 0. The van der Waals surface area contributed by atoms with Crippen LogP contribution in [0.25, 0.3) is 0 Å². The monoisotopic (exact) mass is 126 g/mol. The van der Waals surface area contributed by atoms with E-state index in [1.807, 2.05) is 0 Å². The van der Waals surface area contributed by atoms with Crippen LogP contribution in [0.15, 0.2) is 0 Å². The van der Waals surface area contributed by atoms with Crippen LogP contribution in [-0.4, -0.2) is 11.6 Å². The molecule has 0 aliphatic carbocycles. The molecule has 1 N–H and O–H groups in total. The Bertz CT molecular complexity index is 20.9. The predicted molar refractivity (Wildman–Crippen MR) is 9.38 cm³/mol. The molecular weight excluding hydrogens is 125 g/mol. The molecule has 0 saturated carbocycles. The van der Waals surface area contributed by atoms with E-state index in [1.165, 1.54) is 0 Å². The minimum atomic E-state index is -0.250. The van der Waals surface area contributed by atoms with Crippen LogP contribution in [0.2, 0.25) is 0 Å². The Kier molecular flexibility index (Phi) is 72.4.